The highest BCUT2D eigenvalue weighted by atomic mass is 31.2. The van der Waals surface area contributed by atoms with E-state index in [-0.39, 0.29) is 25.7 Å². The normalized spacial score (nSPS) is 14.7. The maximum Gasteiger partial charge on any atom is 0.472 e. The van der Waals surface area contributed by atoms with Crippen LogP contribution < -0.4 is 0 Å². The van der Waals surface area contributed by atoms with E-state index in [9.17, 15) is 43.2 Å². The summed E-state index contributed by atoms with van der Waals surface area (Å²) in [6, 6.07) is 0. The highest BCUT2D eigenvalue weighted by Crippen LogP contribution is 2.45. The molecule has 0 amide bonds. The van der Waals surface area contributed by atoms with Crippen molar-refractivity contribution in [1.82, 2.24) is 0 Å². The summed E-state index contributed by atoms with van der Waals surface area (Å²) >= 11 is 0. The fraction of sp³-hybridized carbons (Fsp3) is 0.945. The second-order valence-electron chi connectivity index (χ2n) is 26.8. The van der Waals surface area contributed by atoms with E-state index in [2.05, 4.69) is 41.5 Å². The number of hydrogen-bond donors (Lipinski definition) is 3. The van der Waals surface area contributed by atoms with Crippen LogP contribution in [-0.4, -0.2) is 96.7 Å². The maximum atomic E-state index is 13.1. The third-order valence-corrected chi connectivity index (χ3v) is 19.6. The smallest absolute Gasteiger partial charge is 0.462 e. The Balaban J connectivity index is 5.26. The van der Waals surface area contributed by atoms with Gasteiger partial charge in [0.1, 0.15) is 19.3 Å². The van der Waals surface area contributed by atoms with Crippen LogP contribution in [0.2, 0.25) is 0 Å². The van der Waals surface area contributed by atoms with Crippen LogP contribution in [0.15, 0.2) is 0 Å². The zero-order valence-electron chi connectivity index (χ0n) is 59.9. The Kier molecular flexibility index (Phi) is 63.7. The van der Waals surface area contributed by atoms with Gasteiger partial charge in [0.2, 0.25) is 0 Å². The van der Waals surface area contributed by atoms with Gasteiger partial charge in [-0.05, 0) is 37.5 Å². The molecule has 0 aliphatic rings. The fourth-order valence-electron chi connectivity index (χ4n) is 11.1. The summed E-state index contributed by atoms with van der Waals surface area (Å²) in [4.78, 5) is 72.7. The van der Waals surface area contributed by atoms with E-state index in [1.807, 2.05) is 0 Å². The van der Waals surface area contributed by atoms with Gasteiger partial charge in [0.05, 0.1) is 26.4 Å². The minimum Gasteiger partial charge on any atom is -0.462 e. The molecule has 0 aliphatic heterocycles. The Bertz CT molecular complexity index is 1790. The second kappa shape index (κ2) is 65.0. The number of esters is 4. The van der Waals surface area contributed by atoms with Crippen molar-refractivity contribution in [3.8, 4) is 0 Å². The van der Waals surface area contributed by atoms with Crippen molar-refractivity contribution in [2.45, 2.75) is 394 Å². The number of hydrogen-bond acceptors (Lipinski definition) is 15. The highest BCUT2D eigenvalue weighted by Gasteiger charge is 2.30. The zero-order valence-corrected chi connectivity index (χ0v) is 61.6. The maximum absolute atomic E-state index is 13.1. The fourth-order valence-corrected chi connectivity index (χ4v) is 12.6. The molecule has 0 bridgehead atoms. The van der Waals surface area contributed by atoms with Gasteiger partial charge in [-0.15, -0.1) is 0 Å². The first-order valence-electron chi connectivity index (χ1n) is 38.1. The molecule has 0 spiro atoms. The molecule has 19 heteroatoms. The van der Waals surface area contributed by atoms with Crippen LogP contribution in [0.4, 0.5) is 0 Å². The average molecular weight is 1350 g/mol. The van der Waals surface area contributed by atoms with Crippen molar-refractivity contribution >= 4 is 39.5 Å². The van der Waals surface area contributed by atoms with Gasteiger partial charge in [0.25, 0.3) is 0 Å². The van der Waals surface area contributed by atoms with Gasteiger partial charge in [-0.1, -0.05) is 324 Å². The molecule has 0 rings (SSSR count). The topological polar surface area (TPSA) is 237 Å². The van der Waals surface area contributed by atoms with E-state index in [1.165, 1.54) is 193 Å². The minimum atomic E-state index is -4.95. The molecule has 0 aromatic heterocycles. The standard InChI is InChI=1S/C73H142O17P2/c1-7-11-13-15-17-19-21-22-23-24-33-39-45-51-57-72(77)89-68(61-83-70(75)55-49-43-37-31-20-18-16-14-12-8-2)63-87-91(79,80)85-59-67(74)60-86-92(81,82)88-64-69(90-73(78)58-52-46-40-34-28-26-30-36-42-48-54-66(6)10-4)62-84-71(76)56-50-44-38-32-27-25-29-35-41-47-53-65(5)9-3/h65-69,74H,7-64H2,1-6H3,(H,79,80)(H,81,82)/t65?,66?,67-,68+,69+/m0/s1. The number of carbonyl (C=O) groups excluding carboxylic acids is 4. The van der Waals surface area contributed by atoms with Crippen molar-refractivity contribution in [2.75, 3.05) is 39.6 Å². The van der Waals surface area contributed by atoms with E-state index in [0.29, 0.717) is 25.7 Å². The molecule has 0 heterocycles. The van der Waals surface area contributed by atoms with Crippen LogP contribution in [0.3, 0.4) is 0 Å². The lowest BCUT2D eigenvalue weighted by molar-refractivity contribution is -0.161. The highest BCUT2D eigenvalue weighted by molar-refractivity contribution is 7.47. The quantitative estimate of drug-likeness (QED) is 0.0222. The van der Waals surface area contributed by atoms with Crippen molar-refractivity contribution in [3.05, 3.63) is 0 Å². The van der Waals surface area contributed by atoms with Crippen LogP contribution in [0, 0.1) is 11.8 Å². The molecule has 546 valence electrons. The van der Waals surface area contributed by atoms with E-state index in [0.717, 1.165) is 102 Å². The third-order valence-electron chi connectivity index (χ3n) is 17.7. The van der Waals surface area contributed by atoms with Gasteiger partial charge in [0, 0.05) is 25.7 Å². The number of phosphoric ester groups is 2. The minimum absolute atomic E-state index is 0.106. The van der Waals surface area contributed by atoms with Crippen LogP contribution in [0.1, 0.15) is 375 Å². The second-order valence-corrected chi connectivity index (χ2v) is 29.7. The number of phosphoric acid groups is 2. The summed E-state index contributed by atoms with van der Waals surface area (Å²) in [6.45, 7) is 9.62. The summed E-state index contributed by atoms with van der Waals surface area (Å²) in [7, 11) is -9.91. The molecule has 0 aromatic rings. The van der Waals surface area contributed by atoms with E-state index >= 15 is 0 Å². The predicted molar refractivity (Wildman–Crippen MR) is 372 cm³/mol. The molecular weight excluding hydrogens is 1210 g/mol. The SMILES string of the molecule is CCCCCCCCCCCCCCCCC(=O)O[C@H](COC(=O)CCCCCCCCCCCC)COP(=O)(O)OC[C@H](O)COP(=O)(O)OC[C@@H](COC(=O)CCCCCCCCCCCCC(C)CC)OC(=O)CCCCCCCCCCCCC(C)CC. The molecule has 4 unspecified atom stereocenters. The van der Waals surface area contributed by atoms with E-state index in [1.54, 1.807) is 0 Å². The number of ether oxygens (including phenoxy) is 4. The lowest BCUT2D eigenvalue weighted by Crippen LogP contribution is -2.30. The molecule has 17 nitrogen and oxygen atoms in total. The third kappa shape index (κ3) is 64.1. The molecule has 92 heavy (non-hydrogen) atoms. The molecule has 0 radical (unpaired) electrons. The molecule has 3 N–H and O–H groups in total. The number of aliphatic hydroxyl groups is 1. The number of unbranched alkanes of at least 4 members (excludes halogenated alkanes) is 40. The summed E-state index contributed by atoms with van der Waals surface area (Å²) < 4.78 is 68.4. The Morgan fingerprint density at radius 1 is 0.304 bits per heavy atom. The lowest BCUT2D eigenvalue weighted by Gasteiger charge is -2.21. The summed E-state index contributed by atoms with van der Waals surface area (Å²) in [5.74, 6) is -0.506. The number of rotatable bonds is 72. The van der Waals surface area contributed by atoms with Gasteiger partial charge < -0.3 is 33.8 Å². The van der Waals surface area contributed by atoms with Crippen molar-refractivity contribution in [2.24, 2.45) is 11.8 Å². The van der Waals surface area contributed by atoms with Crippen molar-refractivity contribution < 1.29 is 80.2 Å². The van der Waals surface area contributed by atoms with E-state index in [4.69, 9.17) is 37.0 Å². The predicted octanol–water partition coefficient (Wildman–Crippen LogP) is 21.2. The van der Waals surface area contributed by atoms with Crippen LogP contribution in [0.5, 0.6) is 0 Å². The largest absolute Gasteiger partial charge is 0.472 e. The molecule has 0 fully saturated rings. The van der Waals surface area contributed by atoms with Crippen molar-refractivity contribution in [3.63, 3.8) is 0 Å². The molecule has 0 saturated carbocycles. The first-order valence-corrected chi connectivity index (χ1v) is 41.1. The van der Waals surface area contributed by atoms with Gasteiger partial charge >= 0.3 is 39.5 Å². The first kappa shape index (κ1) is 90.1. The number of aliphatic hydroxyl groups excluding tert-OH is 1. The van der Waals surface area contributed by atoms with Gasteiger partial charge in [-0.2, -0.15) is 0 Å². The first-order chi connectivity index (χ1) is 44.4. The summed E-state index contributed by atoms with van der Waals surface area (Å²) in [5.41, 5.74) is 0. The van der Waals surface area contributed by atoms with Crippen LogP contribution in [-0.2, 0) is 65.4 Å². The Hall–Kier alpha value is -1.94. The lowest BCUT2D eigenvalue weighted by atomic mass is 9.99. The summed E-state index contributed by atoms with van der Waals surface area (Å²) in [6.07, 6.45) is 51.0. The molecule has 0 aromatic carbocycles. The Morgan fingerprint density at radius 2 is 0.522 bits per heavy atom. The number of carbonyl (C=O) groups is 4. The molecule has 7 atom stereocenters. The van der Waals surface area contributed by atoms with Crippen LogP contribution >= 0.6 is 15.6 Å². The Morgan fingerprint density at radius 3 is 0.772 bits per heavy atom. The zero-order chi connectivity index (χ0) is 67.9. The van der Waals surface area contributed by atoms with E-state index < -0.39 is 97.5 Å². The van der Waals surface area contributed by atoms with Gasteiger partial charge in [-0.3, -0.25) is 37.3 Å². The summed E-state index contributed by atoms with van der Waals surface area (Å²) in [5, 5.41) is 10.6. The molecule has 0 aliphatic carbocycles. The van der Waals surface area contributed by atoms with Gasteiger partial charge in [0.15, 0.2) is 12.2 Å². The van der Waals surface area contributed by atoms with Crippen LogP contribution in [0.25, 0.3) is 0 Å². The monoisotopic (exact) mass is 1350 g/mol. The molecular formula is C73H142O17P2. The average Bonchev–Trinajstić information content (AvgIpc) is 3.14. The van der Waals surface area contributed by atoms with Gasteiger partial charge in [-0.25, -0.2) is 9.13 Å². The van der Waals surface area contributed by atoms with Crippen molar-refractivity contribution in [1.29, 1.82) is 0 Å². The Labute approximate surface area is 562 Å². The molecule has 0 saturated heterocycles.